The van der Waals surface area contributed by atoms with Gasteiger partial charge in [-0.3, -0.25) is 4.79 Å². The number of carbonyl (C=O) groups is 1. The first-order valence-electron chi connectivity index (χ1n) is 7.11. The molecule has 116 valence electrons. The highest BCUT2D eigenvalue weighted by atomic mass is 79.9. The Hall–Kier alpha value is -0.590. The van der Waals surface area contributed by atoms with Gasteiger partial charge in [0.2, 0.25) is 0 Å². The smallest absolute Gasteiger partial charge is 0.258 e. The highest BCUT2D eigenvalue weighted by Crippen LogP contribution is 2.28. The minimum absolute atomic E-state index is 0.0521. The Morgan fingerprint density at radius 3 is 2.81 bits per heavy atom. The molecule has 0 aromatic heterocycles. The Balaban J connectivity index is 1.84. The summed E-state index contributed by atoms with van der Waals surface area (Å²) < 4.78 is 7.23. The van der Waals surface area contributed by atoms with E-state index in [0.29, 0.717) is 5.75 Å². The summed E-state index contributed by atoms with van der Waals surface area (Å²) in [4.78, 5) is 11.9. The van der Waals surface area contributed by atoms with E-state index in [1.165, 1.54) is 0 Å². The lowest BCUT2D eigenvalue weighted by Gasteiger charge is -2.21. The lowest BCUT2D eigenvalue weighted by molar-refractivity contribution is -0.124. The third kappa shape index (κ3) is 5.27. The second-order valence-electron chi connectivity index (χ2n) is 5.24. The number of hydrogen-bond donors (Lipinski definition) is 2. The molecule has 4 nitrogen and oxygen atoms in total. The number of rotatable bonds is 4. The van der Waals surface area contributed by atoms with Crippen molar-refractivity contribution in [3.63, 3.8) is 0 Å². The van der Waals surface area contributed by atoms with Crippen LogP contribution in [0.4, 0.5) is 0 Å². The van der Waals surface area contributed by atoms with Crippen LogP contribution < -0.4 is 10.1 Å². The van der Waals surface area contributed by atoms with Gasteiger partial charge in [-0.15, -0.1) is 0 Å². The fraction of sp³-hybridized carbons (Fsp3) is 0.533. The molecule has 1 amide bonds. The predicted octanol–water partition coefficient (Wildman–Crippen LogP) is 3.40. The Kier molecular flexibility index (Phi) is 6.51. The first-order chi connectivity index (χ1) is 10.1. The molecule has 0 spiro atoms. The zero-order chi connectivity index (χ0) is 15.2. The molecule has 1 saturated carbocycles. The zero-order valence-electron chi connectivity index (χ0n) is 11.6. The standard InChI is InChI=1S/C15H19Br2NO3/c16-10-6-7-14(11(17)8-10)21-9-15(20)18-12-4-2-1-3-5-13(12)19/h6-8,12-13,19H,1-5,9H2,(H,18,20). The molecule has 2 unspecified atom stereocenters. The van der Waals surface area contributed by atoms with Gasteiger partial charge in [-0.1, -0.05) is 35.2 Å². The molecular weight excluding hydrogens is 402 g/mol. The average molecular weight is 421 g/mol. The topological polar surface area (TPSA) is 58.6 Å². The number of hydrogen-bond acceptors (Lipinski definition) is 3. The van der Waals surface area contributed by atoms with Gasteiger partial charge in [-0.25, -0.2) is 0 Å². The van der Waals surface area contributed by atoms with Gasteiger partial charge < -0.3 is 15.2 Å². The van der Waals surface area contributed by atoms with E-state index >= 15 is 0 Å². The third-order valence-electron chi connectivity index (χ3n) is 3.58. The molecule has 1 aromatic carbocycles. The molecule has 0 saturated heterocycles. The molecule has 21 heavy (non-hydrogen) atoms. The molecule has 1 aromatic rings. The van der Waals surface area contributed by atoms with Gasteiger partial charge in [-0.2, -0.15) is 0 Å². The van der Waals surface area contributed by atoms with Crippen molar-refractivity contribution in [2.45, 2.75) is 44.2 Å². The van der Waals surface area contributed by atoms with Crippen LogP contribution in [0.3, 0.4) is 0 Å². The molecule has 0 heterocycles. The van der Waals surface area contributed by atoms with Gasteiger partial charge >= 0.3 is 0 Å². The van der Waals surface area contributed by atoms with Gasteiger partial charge in [0, 0.05) is 4.47 Å². The molecule has 2 N–H and O–H groups in total. The largest absolute Gasteiger partial charge is 0.483 e. The number of halogens is 2. The minimum atomic E-state index is -0.448. The summed E-state index contributed by atoms with van der Waals surface area (Å²) in [6.45, 7) is -0.0521. The Morgan fingerprint density at radius 1 is 1.29 bits per heavy atom. The van der Waals surface area contributed by atoms with E-state index in [4.69, 9.17) is 4.74 Å². The molecule has 1 aliphatic rings. The lowest BCUT2D eigenvalue weighted by atomic mass is 10.1. The first kappa shape index (κ1) is 16.8. The number of benzene rings is 1. The number of amides is 1. The van der Waals surface area contributed by atoms with Crippen molar-refractivity contribution in [3.05, 3.63) is 27.1 Å². The monoisotopic (exact) mass is 419 g/mol. The van der Waals surface area contributed by atoms with E-state index in [1.54, 1.807) is 6.07 Å². The van der Waals surface area contributed by atoms with E-state index in [1.807, 2.05) is 12.1 Å². The highest BCUT2D eigenvalue weighted by molar-refractivity contribution is 9.11. The van der Waals surface area contributed by atoms with Crippen molar-refractivity contribution in [2.24, 2.45) is 0 Å². The fourth-order valence-electron chi connectivity index (χ4n) is 2.44. The Bertz CT molecular complexity index is 496. The van der Waals surface area contributed by atoms with Gasteiger partial charge in [0.25, 0.3) is 5.91 Å². The fourth-order valence-corrected chi connectivity index (χ4v) is 3.60. The number of carbonyl (C=O) groups excluding carboxylic acids is 1. The average Bonchev–Trinajstić information content (AvgIpc) is 2.63. The van der Waals surface area contributed by atoms with Crippen molar-refractivity contribution in [1.82, 2.24) is 5.32 Å². The SMILES string of the molecule is O=C(COc1ccc(Br)cc1Br)NC1CCCCCC1O. The molecule has 2 atom stereocenters. The van der Waals surface area contributed by atoms with E-state index in [9.17, 15) is 9.90 Å². The zero-order valence-corrected chi connectivity index (χ0v) is 14.8. The van der Waals surface area contributed by atoms with Crippen LogP contribution in [-0.2, 0) is 4.79 Å². The number of nitrogens with one attached hydrogen (secondary N) is 1. The summed E-state index contributed by atoms with van der Waals surface area (Å²) in [6, 6.07) is 5.36. The van der Waals surface area contributed by atoms with Crippen LogP contribution in [-0.4, -0.2) is 29.8 Å². The summed E-state index contributed by atoms with van der Waals surface area (Å²) in [6.07, 6.45) is 4.32. The second kappa shape index (κ2) is 8.15. The van der Waals surface area contributed by atoms with Crippen molar-refractivity contribution in [3.8, 4) is 5.75 Å². The van der Waals surface area contributed by atoms with Crippen LogP contribution in [0.5, 0.6) is 5.75 Å². The normalized spacial score (nSPS) is 22.4. The van der Waals surface area contributed by atoms with Crippen LogP contribution in [0.2, 0.25) is 0 Å². The van der Waals surface area contributed by atoms with Crippen molar-refractivity contribution in [1.29, 1.82) is 0 Å². The van der Waals surface area contributed by atoms with Crippen LogP contribution in [0, 0.1) is 0 Å². The van der Waals surface area contributed by atoms with Gasteiger partial charge in [-0.05, 0) is 47.0 Å². The molecule has 2 rings (SSSR count). The Morgan fingerprint density at radius 2 is 2.05 bits per heavy atom. The molecule has 1 aliphatic carbocycles. The van der Waals surface area contributed by atoms with Crippen LogP contribution >= 0.6 is 31.9 Å². The maximum absolute atomic E-state index is 11.9. The maximum Gasteiger partial charge on any atom is 0.258 e. The third-order valence-corrected chi connectivity index (χ3v) is 4.69. The van der Waals surface area contributed by atoms with E-state index in [-0.39, 0.29) is 18.6 Å². The molecule has 0 radical (unpaired) electrons. The van der Waals surface area contributed by atoms with Gasteiger partial charge in [0.1, 0.15) is 5.75 Å². The maximum atomic E-state index is 11.9. The van der Waals surface area contributed by atoms with E-state index < -0.39 is 6.10 Å². The van der Waals surface area contributed by atoms with Crippen molar-refractivity contribution < 1.29 is 14.6 Å². The Labute approximate surface area is 141 Å². The van der Waals surface area contributed by atoms with Gasteiger partial charge in [0.15, 0.2) is 6.61 Å². The number of aliphatic hydroxyl groups excluding tert-OH is 1. The second-order valence-corrected chi connectivity index (χ2v) is 7.01. The molecule has 0 bridgehead atoms. The van der Waals surface area contributed by atoms with Crippen LogP contribution in [0.1, 0.15) is 32.1 Å². The number of aliphatic hydroxyl groups is 1. The lowest BCUT2D eigenvalue weighted by Crippen LogP contribution is -2.44. The summed E-state index contributed by atoms with van der Waals surface area (Å²) in [5.74, 6) is 0.422. The summed E-state index contributed by atoms with van der Waals surface area (Å²) >= 11 is 6.75. The highest BCUT2D eigenvalue weighted by Gasteiger charge is 2.23. The summed E-state index contributed by atoms with van der Waals surface area (Å²) in [5, 5.41) is 12.9. The van der Waals surface area contributed by atoms with Crippen LogP contribution in [0.25, 0.3) is 0 Å². The molecule has 1 fully saturated rings. The van der Waals surface area contributed by atoms with Crippen molar-refractivity contribution in [2.75, 3.05) is 6.61 Å². The minimum Gasteiger partial charge on any atom is -0.483 e. The molecule has 0 aliphatic heterocycles. The molecular formula is C15H19Br2NO3. The molecule has 6 heteroatoms. The predicted molar refractivity (Wildman–Crippen MR) is 88.4 cm³/mol. The van der Waals surface area contributed by atoms with Crippen molar-refractivity contribution >= 4 is 37.8 Å². The summed E-state index contributed by atoms with van der Waals surface area (Å²) in [7, 11) is 0. The number of ether oxygens (including phenoxy) is 1. The summed E-state index contributed by atoms with van der Waals surface area (Å²) in [5.41, 5.74) is 0. The van der Waals surface area contributed by atoms with E-state index in [2.05, 4.69) is 37.2 Å². The van der Waals surface area contributed by atoms with Gasteiger partial charge in [0.05, 0.1) is 16.6 Å². The quantitative estimate of drug-likeness (QED) is 0.734. The van der Waals surface area contributed by atoms with Crippen LogP contribution in [0.15, 0.2) is 27.1 Å². The van der Waals surface area contributed by atoms with E-state index in [0.717, 1.165) is 41.0 Å². The first-order valence-corrected chi connectivity index (χ1v) is 8.70.